The van der Waals surface area contributed by atoms with Gasteiger partial charge in [0.1, 0.15) is 11.8 Å². The average molecular weight is 319 g/mol. The SMILES string of the molecule is CC(=O)N1CCN(C(=O)CCOc2ccccc2)C(C(N)=O)C1. The molecule has 1 aliphatic heterocycles. The zero-order valence-electron chi connectivity index (χ0n) is 13.1. The van der Waals surface area contributed by atoms with Crippen molar-refractivity contribution in [3.05, 3.63) is 30.3 Å². The van der Waals surface area contributed by atoms with Gasteiger partial charge in [0.15, 0.2) is 0 Å². The maximum Gasteiger partial charge on any atom is 0.242 e. The summed E-state index contributed by atoms with van der Waals surface area (Å²) in [5, 5.41) is 0. The number of amides is 3. The Balaban J connectivity index is 1.89. The molecule has 1 fully saturated rings. The van der Waals surface area contributed by atoms with Crippen LogP contribution in [0.25, 0.3) is 0 Å². The fraction of sp³-hybridized carbons (Fsp3) is 0.438. The number of nitrogens with two attached hydrogens (primary N) is 1. The van der Waals surface area contributed by atoms with Crippen molar-refractivity contribution in [1.82, 2.24) is 9.80 Å². The number of primary amides is 1. The molecule has 3 amide bonds. The second-order valence-corrected chi connectivity index (χ2v) is 5.38. The molecule has 2 N–H and O–H groups in total. The Labute approximate surface area is 135 Å². The van der Waals surface area contributed by atoms with E-state index >= 15 is 0 Å². The lowest BCUT2D eigenvalue weighted by Gasteiger charge is -2.39. The lowest BCUT2D eigenvalue weighted by Crippen LogP contribution is -2.60. The summed E-state index contributed by atoms with van der Waals surface area (Å²) in [7, 11) is 0. The van der Waals surface area contributed by atoms with Gasteiger partial charge in [0.25, 0.3) is 0 Å². The molecule has 1 heterocycles. The fourth-order valence-corrected chi connectivity index (χ4v) is 2.53. The average Bonchev–Trinajstić information content (AvgIpc) is 2.55. The van der Waals surface area contributed by atoms with Crippen molar-refractivity contribution in [2.45, 2.75) is 19.4 Å². The van der Waals surface area contributed by atoms with Gasteiger partial charge < -0.3 is 20.3 Å². The number of piperazine rings is 1. The van der Waals surface area contributed by atoms with Crippen LogP contribution in [-0.4, -0.2) is 59.8 Å². The van der Waals surface area contributed by atoms with E-state index in [9.17, 15) is 14.4 Å². The van der Waals surface area contributed by atoms with Crippen molar-refractivity contribution in [2.75, 3.05) is 26.2 Å². The van der Waals surface area contributed by atoms with Crippen LogP contribution in [0.3, 0.4) is 0 Å². The number of rotatable bonds is 5. The third-order valence-corrected chi connectivity index (χ3v) is 3.80. The summed E-state index contributed by atoms with van der Waals surface area (Å²) in [6.07, 6.45) is 0.152. The molecular formula is C16H21N3O4. The molecule has 0 bridgehead atoms. The molecule has 0 spiro atoms. The number of ether oxygens (including phenoxy) is 1. The van der Waals surface area contributed by atoms with Crippen LogP contribution >= 0.6 is 0 Å². The number of para-hydroxylation sites is 1. The van der Waals surface area contributed by atoms with Gasteiger partial charge in [0.05, 0.1) is 19.6 Å². The summed E-state index contributed by atoms with van der Waals surface area (Å²) < 4.78 is 5.49. The smallest absolute Gasteiger partial charge is 0.242 e. The molecule has 23 heavy (non-hydrogen) atoms. The summed E-state index contributed by atoms with van der Waals surface area (Å²) >= 11 is 0. The van der Waals surface area contributed by atoms with E-state index in [-0.39, 0.29) is 31.4 Å². The lowest BCUT2D eigenvalue weighted by molar-refractivity contribution is -0.147. The monoisotopic (exact) mass is 319 g/mol. The highest BCUT2D eigenvalue weighted by atomic mass is 16.5. The summed E-state index contributed by atoms with van der Waals surface area (Å²) in [5.41, 5.74) is 5.38. The maximum absolute atomic E-state index is 12.3. The van der Waals surface area contributed by atoms with Gasteiger partial charge in [-0.1, -0.05) is 18.2 Å². The highest BCUT2D eigenvalue weighted by Crippen LogP contribution is 2.13. The summed E-state index contributed by atoms with van der Waals surface area (Å²) in [6, 6.07) is 8.41. The Hall–Kier alpha value is -2.57. The molecule has 1 aliphatic rings. The van der Waals surface area contributed by atoms with Crippen molar-refractivity contribution < 1.29 is 19.1 Å². The minimum Gasteiger partial charge on any atom is -0.493 e. The van der Waals surface area contributed by atoms with Gasteiger partial charge >= 0.3 is 0 Å². The Bertz CT molecular complexity index is 576. The number of hydrogen-bond acceptors (Lipinski definition) is 4. The van der Waals surface area contributed by atoms with Crippen LogP contribution in [0.4, 0.5) is 0 Å². The summed E-state index contributed by atoms with van der Waals surface area (Å²) in [6.45, 7) is 2.52. The predicted molar refractivity (Wildman–Crippen MR) is 83.5 cm³/mol. The first-order chi connectivity index (χ1) is 11.0. The quantitative estimate of drug-likeness (QED) is 0.827. The predicted octanol–water partition coefficient (Wildman–Crippen LogP) is 0.000100. The van der Waals surface area contributed by atoms with E-state index in [1.54, 1.807) is 0 Å². The Morgan fingerprint density at radius 2 is 1.91 bits per heavy atom. The van der Waals surface area contributed by atoms with E-state index in [0.29, 0.717) is 18.8 Å². The number of carbonyl (C=O) groups is 3. The zero-order valence-corrected chi connectivity index (χ0v) is 13.1. The van der Waals surface area contributed by atoms with Gasteiger partial charge in [-0.15, -0.1) is 0 Å². The Morgan fingerprint density at radius 3 is 2.52 bits per heavy atom. The van der Waals surface area contributed by atoms with Crippen LogP contribution in [-0.2, 0) is 14.4 Å². The first-order valence-corrected chi connectivity index (χ1v) is 7.51. The number of carbonyl (C=O) groups excluding carboxylic acids is 3. The molecule has 0 radical (unpaired) electrons. The topological polar surface area (TPSA) is 92.9 Å². The first kappa shape index (κ1) is 16.8. The molecule has 0 aromatic heterocycles. The minimum atomic E-state index is -0.781. The van der Waals surface area contributed by atoms with Gasteiger partial charge in [0, 0.05) is 20.0 Å². The van der Waals surface area contributed by atoms with Crippen LogP contribution in [0.1, 0.15) is 13.3 Å². The van der Waals surface area contributed by atoms with Gasteiger partial charge in [0.2, 0.25) is 17.7 Å². The molecule has 1 unspecified atom stereocenters. The van der Waals surface area contributed by atoms with Crippen molar-refractivity contribution in [1.29, 1.82) is 0 Å². The maximum atomic E-state index is 12.3. The van der Waals surface area contributed by atoms with Crippen LogP contribution < -0.4 is 10.5 Å². The molecule has 7 heteroatoms. The molecule has 124 valence electrons. The van der Waals surface area contributed by atoms with E-state index in [0.717, 1.165) is 0 Å². The molecule has 2 rings (SSSR count). The van der Waals surface area contributed by atoms with Gasteiger partial charge in [-0.2, -0.15) is 0 Å². The van der Waals surface area contributed by atoms with E-state index in [4.69, 9.17) is 10.5 Å². The van der Waals surface area contributed by atoms with E-state index in [1.807, 2.05) is 30.3 Å². The summed E-state index contributed by atoms with van der Waals surface area (Å²) in [5.74, 6) is -0.245. The molecule has 1 aromatic carbocycles. The number of hydrogen-bond donors (Lipinski definition) is 1. The van der Waals surface area contributed by atoms with Gasteiger partial charge in [-0.05, 0) is 12.1 Å². The van der Waals surface area contributed by atoms with Crippen LogP contribution in [0.5, 0.6) is 5.75 Å². The highest BCUT2D eigenvalue weighted by molar-refractivity contribution is 5.88. The van der Waals surface area contributed by atoms with Crippen molar-refractivity contribution in [3.8, 4) is 5.75 Å². The van der Waals surface area contributed by atoms with E-state index < -0.39 is 11.9 Å². The number of benzene rings is 1. The normalized spacial score (nSPS) is 17.7. The molecule has 0 saturated carbocycles. The largest absolute Gasteiger partial charge is 0.493 e. The van der Waals surface area contributed by atoms with Crippen LogP contribution in [0.15, 0.2) is 30.3 Å². The lowest BCUT2D eigenvalue weighted by atomic mass is 10.1. The minimum absolute atomic E-state index is 0.129. The van der Waals surface area contributed by atoms with Gasteiger partial charge in [-0.3, -0.25) is 14.4 Å². The van der Waals surface area contributed by atoms with Crippen molar-refractivity contribution in [2.24, 2.45) is 5.73 Å². The van der Waals surface area contributed by atoms with E-state index in [1.165, 1.54) is 16.7 Å². The van der Waals surface area contributed by atoms with Crippen molar-refractivity contribution >= 4 is 17.7 Å². The number of nitrogens with zero attached hydrogens (tertiary/aromatic N) is 2. The molecular weight excluding hydrogens is 298 g/mol. The van der Waals surface area contributed by atoms with Crippen LogP contribution in [0.2, 0.25) is 0 Å². The molecule has 1 saturated heterocycles. The third kappa shape index (κ3) is 4.45. The third-order valence-electron chi connectivity index (χ3n) is 3.80. The first-order valence-electron chi connectivity index (χ1n) is 7.51. The van der Waals surface area contributed by atoms with Gasteiger partial charge in [-0.25, -0.2) is 0 Å². The van der Waals surface area contributed by atoms with E-state index in [2.05, 4.69) is 0 Å². The molecule has 7 nitrogen and oxygen atoms in total. The fourth-order valence-electron chi connectivity index (χ4n) is 2.53. The Kier molecular flexibility index (Phi) is 5.56. The zero-order chi connectivity index (χ0) is 16.8. The second-order valence-electron chi connectivity index (χ2n) is 5.38. The van der Waals surface area contributed by atoms with Crippen molar-refractivity contribution in [3.63, 3.8) is 0 Å². The highest BCUT2D eigenvalue weighted by Gasteiger charge is 2.34. The summed E-state index contributed by atoms with van der Waals surface area (Å²) in [4.78, 5) is 38.3. The molecule has 1 aromatic rings. The molecule has 1 atom stereocenters. The molecule has 0 aliphatic carbocycles. The standard InChI is InChI=1S/C16H21N3O4/c1-12(20)18-8-9-19(14(11-18)16(17)22)15(21)7-10-23-13-5-3-2-4-6-13/h2-6,14H,7-11H2,1H3,(H2,17,22). The van der Waals surface area contributed by atoms with Crippen LogP contribution in [0, 0.1) is 0 Å². The second kappa shape index (κ2) is 7.62. The Morgan fingerprint density at radius 1 is 1.22 bits per heavy atom.